The molecule has 574 valence electrons. The third-order valence-electron chi connectivity index (χ3n) is 24.5. The van der Waals surface area contributed by atoms with Gasteiger partial charge in [-0.1, -0.05) is 370 Å². The average Bonchev–Trinajstić information content (AvgIpc) is 1.57. The van der Waals surface area contributed by atoms with Crippen LogP contribution in [0, 0.1) is 0 Å². The van der Waals surface area contributed by atoms with E-state index in [1.165, 1.54) is 0 Å². The number of imidazole rings is 3. The van der Waals surface area contributed by atoms with Crippen molar-refractivity contribution < 1.29 is 0 Å². The molecule has 0 aliphatic carbocycles. The largest absolute Gasteiger partial charge is 0.268 e. The van der Waals surface area contributed by atoms with Crippen molar-refractivity contribution in [3.05, 3.63) is 456 Å². The molecule has 9 heteroatoms. The minimum Gasteiger partial charge on any atom is -0.268 e. The summed E-state index contributed by atoms with van der Waals surface area (Å²) in [6, 6.07) is 145. The van der Waals surface area contributed by atoms with Gasteiger partial charge >= 0.3 is 0 Å². The quantitative estimate of drug-likeness (QED) is 0.135. The summed E-state index contributed by atoms with van der Waals surface area (Å²) in [6.07, 6.45) is 0. The summed E-state index contributed by atoms with van der Waals surface area (Å²) < 4.78 is 5.47. The molecule has 19 aromatic carbocycles. The molecule has 0 saturated heterocycles. The fourth-order valence-electron chi connectivity index (χ4n) is 18.9. The van der Waals surface area contributed by atoms with Gasteiger partial charge in [-0.05, 0) is 171 Å². The molecule has 0 N–H and O–H groups in total. The van der Waals surface area contributed by atoms with Crippen molar-refractivity contribution in [2.24, 2.45) is 0 Å². The summed E-state index contributed by atoms with van der Waals surface area (Å²) in [4.78, 5) is 58.7. The Kier molecular flexibility index (Phi) is 17.2. The highest BCUT2D eigenvalue weighted by atomic mass is 16.1. The number of benzene rings is 19. The topological polar surface area (TPSA) is 103 Å². The summed E-state index contributed by atoms with van der Waals surface area (Å²) in [5, 5.41) is 11.1. The summed E-state index contributed by atoms with van der Waals surface area (Å²) in [7, 11) is 0. The van der Waals surface area contributed by atoms with E-state index in [9.17, 15) is 14.4 Å². The van der Waals surface area contributed by atoms with Gasteiger partial charge in [0.05, 0.1) is 33.1 Å². The fourth-order valence-corrected chi connectivity index (χ4v) is 18.9. The third-order valence-corrected chi connectivity index (χ3v) is 24.5. The van der Waals surface area contributed by atoms with E-state index in [1.807, 2.05) is 138 Å². The Morgan fingerprint density at radius 1 is 0.179 bits per heavy atom. The van der Waals surface area contributed by atoms with Crippen molar-refractivity contribution in [3.8, 4) is 111 Å². The molecular weight excluding hydrogens is 1500 g/mol. The van der Waals surface area contributed by atoms with Crippen molar-refractivity contribution in [1.29, 1.82) is 0 Å². The van der Waals surface area contributed by atoms with Gasteiger partial charge in [-0.3, -0.25) is 27.6 Å². The fraction of sp³-hybridized carbons (Fsp3) is 0. The van der Waals surface area contributed by atoms with Gasteiger partial charge in [-0.2, -0.15) is 0 Å². The second-order valence-electron chi connectivity index (χ2n) is 31.4. The van der Waals surface area contributed by atoms with E-state index >= 15 is 0 Å². The van der Waals surface area contributed by atoms with Crippen molar-refractivity contribution in [2.45, 2.75) is 0 Å². The molecule has 0 atom stereocenters. The van der Waals surface area contributed by atoms with Crippen LogP contribution >= 0.6 is 0 Å². The minimum atomic E-state index is -0.0581. The number of hydrogen-bond acceptors (Lipinski definition) is 6. The monoisotopic (exact) mass is 1570 g/mol. The molecule has 25 rings (SSSR count). The summed E-state index contributed by atoms with van der Waals surface area (Å²) in [6.45, 7) is 0. The molecule has 0 saturated carbocycles. The molecule has 0 amide bonds. The minimum absolute atomic E-state index is 0.0396. The van der Waals surface area contributed by atoms with Crippen LogP contribution in [0.4, 0.5) is 0 Å². The average molecular weight is 1570 g/mol. The van der Waals surface area contributed by atoms with Gasteiger partial charge in [0.25, 0.3) is 16.7 Å². The first-order valence-electron chi connectivity index (χ1n) is 41.4. The molecule has 0 aliphatic rings. The van der Waals surface area contributed by atoms with E-state index < -0.39 is 0 Å². The molecule has 0 unspecified atom stereocenters. The normalized spacial score (nSPS) is 11.7. The van der Waals surface area contributed by atoms with Gasteiger partial charge < -0.3 is 0 Å². The second kappa shape index (κ2) is 29.5. The van der Waals surface area contributed by atoms with Gasteiger partial charge in [0.2, 0.25) is 0 Å². The molecule has 9 nitrogen and oxygen atoms in total. The highest BCUT2D eigenvalue weighted by Gasteiger charge is 2.28. The summed E-state index contributed by atoms with van der Waals surface area (Å²) in [5.41, 5.74) is 28.6. The lowest BCUT2D eigenvalue weighted by Gasteiger charge is -2.16. The van der Waals surface area contributed by atoms with Crippen LogP contribution in [0.15, 0.2) is 439 Å². The molecule has 6 aromatic heterocycles. The van der Waals surface area contributed by atoms with Crippen LogP contribution in [-0.4, -0.2) is 28.2 Å². The third kappa shape index (κ3) is 11.8. The number of aromatic nitrogens is 6. The Morgan fingerprint density at radius 2 is 0.431 bits per heavy atom. The lowest BCUT2D eigenvalue weighted by atomic mass is 9.89. The Bertz CT molecular complexity index is 8350. The maximum absolute atomic E-state index is 14.8. The first-order valence-corrected chi connectivity index (χ1v) is 41.4. The SMILES string of the molecule is O=c1c2ccc(-c3ccccc3)c3cccc(c32)c2nc3c(-c4ccccc4)cc(-c4ccccc4)c(-c4ccccc4)c3n12.O=c1c2ccc(-c3ccccc3)c3cccc(c32)c2nc3cc(-c4ccccc4)c(-c4ccccc4)cc3n12.O=c1c2cccc3c(-c4ccccc4)ccc(c32)c2nc3cc(-c4ccccc4)c(-c4ccccc4)cc3n12. The van der Waals surface area contributed by atoms with Crippen molar-refractivity contribution in [1.82, 2.24) is 28.2 Å². The van der Waals surface area contributed by atoms with Crippen LogP contribution in [0.5, 0.6) is 0 Å². The van der Waals surface area contributed by atoms with Gasteiger partial charge in [-0.25, -0.2) is 15.0 Å². The molecule has 0 fully saturated rings. The van der Waals surface area contributed by atoms with Crippen LogP contribution in [-0.2, 0) is 0 Å². The number of pyridine rings is 3. The van der Waals surface area contributed by atoms with E-state index in [1.54, 1.807) is 8.80 Å². The Hall–Kier alpha value is -16.6. The molecule has 123 heavy (non-hydrogen) atoms. The standard InChI is InChI=1S/C42H26N2O.2C36H22N2O/c45-42-34-25-24-31(27-14-5-1-6-15-27)32-22-13-23-33(38(32)34)41-43-39-36(29-18-9-3-10-19-29)26-35(28-16-7-2-8-17-28)37(40(39)44(41)42)30-20-11-4-12-21-30;39-36-29-18-10-17-27-26(23-11-4-1-5-12-23)19-20-28(34(27)29)35-37-32-21-30(24-13-6-2-7-14-24)31(22-33(32)38(35)36)25-15-8-3-9-16-25;39-36-29-20-19-26(23-11-4-1-5-12-23)27-17-10-18-28(34(27)29)35-37-32-21-30(24-13-6-2-7-14-24)31(22-33(32)38(35)36)25-15-8-3-9-16-25/h1-26H;2*1-22H. The Morgan fingerprint density at radius 3 is 0.780 bits per heavy atom. The van der Waals surface area contributed by atoms with E-state index in [0.717, 1.165) is 193 Å². The predicted molar refractivity (Wildman–Crippen MR) is 510 cm³/mol. The van der Waals surface area contributed by atoms with Crippen LogP contribution in [0.3, 0.4) is 0 Å². The molecule has 25 aromatic rings. The zero-order chi connectivity index (χ0) is 81.8. The summed E-state index contributed by atoms with van der Waals surface area (Å²) >= 11 is 0. The van der Waals surface area contributed by atoms with Gasteiger partial charge in [0.1, 0.15) is 16.9 Å². The van der Waals surface area contributed by atoms with Gasteiger partial charge in [0.15, 0.2) is 0 Å². The van der Waals surface area contributed by atoms with Gasteiger partial charge in [-0.15, -0.1) is 0 Å². The highest BCUT2D eigenvalue weighted by Crippen LogP contribution is 2.47. The lowest BCUT2D eigenvalue weighted by Crippen LogP contribution is -2.14. The van der Waals surface area contributed by atoms with E-state index in [-0.39, 0.29) is 16.7 Å². The highest BCUT2D eigenvalue weighted by molar-refractivity contribution is 6.23. The van der Waals surface area contributed by atoms with Crippen LogP contribution in [0.2, 0.25) is 0 Å². The van der Waals surface area contributed by atoms with Crippen LogP contribution in [0.1, 0.15) is 0 Å². The zero-order valence-corrected chi connectivity index (χ0v) is 66.3. The second-order valence-corrected chi connectivity index (χ2v) is 31.4. The van der Waals surface area contributed by atoms with Crippen molar-refractivity contribution in [2.75, 3.05) is 0 Å². The summed E-state index contributed by atoms with van der Waals surface area (Å²) in [5.74, 6) is 0. The predicted octanol–water partition coefficient (Wildman–Crippen LogP) is 27.4. The van der Waals surface area contributed by atoms with Crippen LogP contribution in [0.25, 0.3) is 226 Å². The maximum Gasteiger partial charge on any atom is 0.264 e. The smallest absolute Gasteiger partial charge is 0.264 e. The molecule has 6 heterocycles. The van der Waals surface area contributed by atoms with Crippen molar-refractivity contribution in [3.63, 3.8) is 0 Å². The molecule has 0 aliphatic heterocycles. The Balaban J connectivity index is 0.000000107. The van der Waals surface area contributed by atoms with E-state index in [4.69, 9.17) is 15.0 Å². The van der Waals surface area contributed by atoms with Crippen molar-refractivity contribution >= 4 is 115 Å². The number of fused-ring (bicyclic) bond motifs is 12. The first kappa shape index (κ1) is 71.7. The molecular formula is C114H70N6O3. The lowest BCUT2D eigenvalue weighted by molar-refractivity contribution is 1.19. The van der Waals surface area contributed by atoms with Crippen LogP contribution < -0.4 is 16.7 Å². The first-order chi connectivity index (χ1) is 60.8. The molecule has 0 spiro atoms. The Labute approximate surface area is 705 Å². The maximum atomic E-state index is 14.8. The van der Waals surface area contributed by atoms with Gasteiger partial charge in [0, 0.05) is 59.6 Å². The van der Waals surface area contributed by atoms with E-state index in [0.29, 0.717) is 33.1 Å². The van der Waals surface area contributed by atoms with E-state index in [2.05, 4.69) is 291 Å². The number of hydrogen-bond donors (Lipinski definition) is 0. The molecule has 0 bridgehead atoms. The zero-order valence-electron chi connectivity index (χ0n) is 66.3. The number of nitrogens with zero attached hydrogens (tertiary/aromatic N) is 6. The molecule has 0 radical (unpaired) electrons. The number of rotatable bonds is 10.